The molecule has 5 heterocycles. The number of nitrogens with one attached hydrogen (secondary N) is 3. The summed E-state index contributed by atoms with van der Waals surface area (Å²) >= 11 is 0. The Hall–Kier alpha value is -4.48. The number of fused-ring (bicyclic) bond motifs is 2. The van der Waals surface area contributed by atoms with Crippen LogP contribution in [0.3, 0.4) is 0 Å². The Labute approximate surface area is 155 Å². The summed E-state index contributed by atoms with van der Waals surface area (Å²) in [4.78, 5) is 31.1. The van der Waals surface area contributed by atoms with Gasteiger partial charge in [0.25, 0.3) is 5.56 Å². The summed E-state index contributed by atoms with van der Waals surface area (Å²) in [6.07, 6.45) is 7.86. The number of aliphatic imine (C=N–C) groups is 1. The lowest BCUT2D eigenvalue weighted by Crippen LogP contribution is -2.27. The van der Waals surface area contributed by atoms with E-state index in [0.717, 1.165) is 0 Å². The second kappa shape index (κ2) is 5.51. The summed E-state index contributed by atoms with van der Waals surface area (Å²) in [5.74, 6) is 0.623. The number of rotatable bonds is 3. The topological polar surface area (TPSA) is 150 Å². The van der Waals surface area contributed by atoms with Crippen LogP contribution >= 0.6 is 0 Å². The van der Waals surface area contributed by atoms with Crippen molar-refractivity contribution in [1.29, 1.82) is 0 Å². The van der Waals surface area contributed by atoms with E-state index in [1.54, 1.807) is 17.3 Å². The third-order valence-corrected chi connectivity index (χ3v) is 4.25. The molecule has 5 rings (SSSR count). The van der Waals surface area contributed by atoms with Crippen LogP contribution in [-0.2, 0) is 0 Å². The number of hydrogen-bond acceptors (Lipinski definition) is 8. The highest BCUT2D eigenvalue weighted by Crippen LogP contribution is 2.35. The third-order valence-electron chi connectivity index (χ3n) is 4.25. The average Bonchev–Trinajstić information content (AvgIpc) is 3.33. The Morgan fingerprint density at radius 2 is 2.18 bits per heavy atom. The first kappa shape index (κ1) is 15.7. The van der Waals surface area contributed by atoms with E-state index in [4.69, 9.17) is 0 Å². The van der Waals surface area contributed by atoms with Gasteiger partial charge in [0.2, 0.25) is 0 Å². The second-order valence-corrected chi connectivity index (χ2v) is 6.10. The minimum absolute atomic E-state index is 0.128. The number of allylic oxidation sites excluding steroid dienone is 2. The van der Waals surface area contributed by atoms with Gasteiger partial charge < -0.3 is 0 Å². The van der Waals surface area contributed by atoms with Crippen LogP contribution < -0.4 is 11.0 Å². The van der Waals surface area contributed by atoms with Crippen LogP contribution in [0.2, 0.25) is 0 Å². The molecule has 2 aliphatic heterocycles. The highest BCUT2D eigenvalue weighted by Gasteiger charge is 2.30. The summed E-state index contributed by atoms with van der Waals surface area (Å²) in [5.41, 5.74) is 4.61. The zero-order chi connectivity index (χ0) is 19.4. The maximum absolute atomic E-state index is 11.8. The van der Waals surface area contributed by atoms with Gasteiger partial charge in [-0.05, 0) is 0 Å². The van der Waals surface area contributed by atoms with Crippen LogP contribution in [0, 0.1) is 10.1 Å². The smallest absolute Gasteiger partial charge is 0.293 e. The monoisotopic (exact) mass is 377 g/mol. The van der Waals surface area contributed by atoms with Gasteiger partial charge in [-0.15, -0.1) is 0 Å². The molecular formula is C16H11N9O3. The Morgan fingerprint density at radius 3 is 3.00 bits per heavy atom. The van der Waals surface area contributed by atoms with Crippen molar-refractivity contribution in [2.45, 2.75) is 0 Å². The van der Waals surface area contributed by atoms with Gasteiger partial charge in [0.1, 0.15) is 5.69 Å². The molecule has 12 heteroatoms. The van der Waals surface area contributed by atoms with E-state index in [1.165, 1.54) is 29.2 Å². The first-order valence-electron chi connectivity index (χ1n) is 8.03. The molecule has 0 radical (unpaired) electrons. The Morgan fingerprint density at radius 1 is 1.32 bits per heavy atom. The number of H-pyrrole nitrogens is 2. The van der Waals surface area contributed by atoms with Gasteiger partial charge in [-0.1, -0.05) is 6.58 Å². The standard InChI is InChI=1S/C16H11N9O3/c1-8-2-11-17-4-9(6-23(11)21-8)14-16(25(27)28)15(20-19-14)10-5-18-12-3-13(26)22-24(12)7-10/h2-7,21H,1H2,(H,19,20)(H,22,26). The number of aromatic nitrogens is 5. The van der Waals surface area contributed by atoms with E-state index >= 15 is 0 Å². The number of hydrogen-bond donors (Lipinski definition) is 3. The molecule has 0 atom stereocenters. The fourth-order valence-electron chi connectivity index (χ4n) is 3.04. The highest BCUT2D eigenvalue weighted by atomic mass is 16.6. The SMILES string of the molecule is C=C1C=C2N=CC(c3n[nH]c(-c4cnc5cc(=O)[nH]n5c4)c3[N+](=O)[O-])=CN2N1. The van der Waals surface area contributed by atoms with Crippen LogP contribution in [0.4, 0.5) is 5.69 Å². The van der Waals surface area contributed by atoms with Crippen molar-refractivity contribution in [3.05, 3.63) is 75.0 Å². The number of nitro groups is 1. The molecule has 3 N–H and O–H groups in total. The predicted molar refractivity (Wildman–Crippen MR) is 98.7 cm³/mol. The van der Waals surface area contributed by atoms with E-state index in [-0.39, 0.29) is 22.6 Å². The largest absolute Gasteiger partial charge is 0.322 e. The van der Waals surface area contributed by atoms with Gasteiger partial charge in [0, 0.05) is 48.1 Å². The quantitative estimate of drug-likeness (QED) is 0.454. The lowest BCUT2D eigenvalue weighted by Gasteiger charge is -2.19. The van der Waals surface area contributed by atoms with Gasteiger partial charge in [-0.25, -0.2) is 19.5 Å². The average molecular weight is 377 g/mol. The molecule has 0 unspecified atom stereocenters. The van der Waals surface area contributed by atoms with Crippen LogP contribution in [0.15, 0.2) is 58.6 Å². The zero-order valence-corrected chi connectivity index (χ0v) is 14.1. The molecule has 12 nitrogen and oxygen atoms in total. The van der Waals surface area contributed by atoms with E-state index in [0.29, 0.717) is 28.3 Å². The van der Waals surface area contributed by atoms with Gasteiger partial charge in [0.05, 0.1) is 10.6 Å². The predicted octanol–water partition coefficient (Wildman–Crippen LogP) is 0.921. The third kappa shape index (κ3) is 2.32. The van der Waals surface area contributed by atoms with Crippen molar-refractivity contribution >= 4 is 23.1 Å². The molecule has 0 aliphatic carbocycles. The zero-order valence-electron chi connectivity index (χ0n) is 14.1. The summed E-state index contributed by atoms with van der Waals surface area (Å²) in [6, 6.07) is 1.32. The highest BCUT2D eigenvalue weighted by molar-refractivity contribution is 6.12. The molecule has 28 heavy (non-hydrogen) atoms. The molecule has 3 aromatic rings. The number of aromatic amines is 2. The minimum atomic E-state index is -0.521. The molecule has 2 aliphatic rings. The van der Waals surface area contributed by atoms with Gasteiger partial charge in [-0.2, -0.15) is 5.10 Å². The molecule has 0 bridgehead atoms. The van der Waals surface area contributed by atoms with Crippen LogP contribution in [0.25, 0.3) is 22.5 Å². The van der Waals surface area contributed by atoms with Crippen molar-refractivity contribution in [2.24, 2.45) is 4.99 Å². The number of nitrogens with zero attached hydrogens (tertiary/aromatic N) is 6. The molecule has 0 aromatic carbocycles. The van der Waals surface area contributed by atoms with Gasteiger partial charge >= 0.3 is 5.69 Å². The normalized spacial score (nSPS) is 15.4. The maximum atomic E-state index is 11.8. The Kier molecular flexibility index (Phi) is 3.10. The van der Waals surface area contributed by atoms with E-state index < -0.39 is 4.92 Å². The molecule has 138 valence electrons. The summed E-state index contributed by atoms with van der Waals surface area (Å²) < 4.78 is 1.39. The fourth-order valence-corrected chi connectivity index (χ4v) is 3.04. The van der Waals surface area contributed by atoms with E-state index in [2.05, 4.69) is 37.3 Å². The van der Waals surface area contributed by atoms with E-state index in [9.17, 15) is 14.9 Å². The second-order valence-electron chi connectivity index (χ2n) is 6.10. The summed E-state index contributed by atoms with van der Waals surface area (Å²) in [7, 11) is 0. The van der Waals surface area contributed by atoms with Crippen LogP contribution in [0.1, 0.15) is 5.69 Å². The molecule has 0 amide bonds. The van der Waals surface area contributed by atoms with Crippen molar-refractivity contribution in [2.75, 3.05) is 0 Å². The van der Waals surface area contributed by atoms with Gasteiger partial charge in [-0.3, -0.25) is 30.5 Å². The Bertz CT molecular complexity index is 1320. The first-order chi connectivity index (χ1) is 13.5. The fraction of sp³-hybridized carbons (Fsp3) is 0. The summed E-state index contributed by atoms with van der Waals surface area (Å²) in [6.45, 7) is 3.80. The molecular weight excluding hydrogens is 366 g/mol. The van der Waals surface area contributed by atoms with Crippen LogP contribution in [0.5, 0.6) is 0 Å². The minimum Gasteiger partial charge on any atom is -0.293 e. The lowest BCUT2D eigenvalue weighted by atomic mass is 10.1. The molecule has 0 spiro atoms. The number of hydrazine groups is 1. The van der Waals surface area contributed by atoms with Crippen molar-refractivity contribution < 1.29 is 4.92 Å². The lowest BCUT2D eigenvalue weighted by molar-refractivity contribution is -0.384. The molecule has 3 aromatic heterocycles. The van der Waals surface area contributed by atoms with E-state index in [1.807, 2.05) is 0 Å². The maximum Gasteiger partial charge on any atom is 0.322 e. The molecule has 0 saturated carbocycles. The first-order valence-corrected chi connectivity index (χ1v) is 8.03. The molecule has 0 fully saturated rings. The van der Waals surface area contributed by atoms with Crippen molar-refractivity contribution in [1.82, 2.24) is 35.2 Å². The van der Waals surface area contributed by atoms with Crippen LogP contribution in [-0.4, -0.2) is 40.9 Å². The van der Waals surface area contributed by atoms with Gasteiger partial charge in [0.15, 0.2) is 17.2 Å². The molecule has 0 saturated heterocycles. The van der Waals surface area contributed by atoms with Crippen molar-refractivity contribution in [3.63, 3.8) is 0 Å². The summed E-state index contributed by atoms with van der Waals surface area (Å²) in [5, 5.41) is 22.8. The van der Waals surface area contributed by atoms with Crippen molar-refractivity contribution in [3.8, 4) is 11.3 Å². The Balaban J connectivity index is 1.62.